The normalized spacial score (nSPS) is 25.0. The van der Waals surface area contributed by atoms with Crippen molar-refractivity contribution < 1.29 is 4.79 Å². The number of hydrogen-bond donors (Lipinski definition) is 2. The first kappa shape index (κ1) is 13.5. The molecule has 94 valence electrons. The minimum Gasteiger partial charge on any atom is -0.354 e. The van der Waals surface area contributed by atoms with Crippen molar-refractivity contribution >= 4 is 5.91 Å². The highest BCUT2D eigenvalue weighted by molar-refractivity contribution is 5.76. The molecule has 2 atom stereocenters. The van der Waals surface area contributed by atoms with E-state index in [0.717, 1.165) is 24.9 Å². The molecule has 2 unspecified atom stereocenters. The number of nitrogens with one attached hydrogen (secondary N) is 2. The predicted octanol–water partition coefficient (Wildman–Crippen LogP) is 1.93. The van der Waals surface area contributed by atoms with E-state index < -0.39 is 0 Å². The van der Waals surface area contributed by atoms with Crippen LogP contribution in [0.4, 0.5) is 0 Å². The van der Waals surface area contributed by atoms with Gasteiger partial charge in [0.15, 0.2) is 0 Å². The molecular formula is C13H26N2O. The van der Waals surface area contributed by atoms with E-state index in [4.69, 9.17) is 0 Å². The lowest BCUT2D eigenvalue weighted by Crippen LogP contribution is -2.33. The van der Waals surface area contributed by atoms with Crippen molar-refractivity contribution in [3.8, 4) is 0 Å². The third kappa shape index (κ3) is 4.97. The van der Waals surface area contributed by atoms with Gasteiger partial charge in [-0.15, -0.1) is 0 Å². The topological polar surface area (TPSA) is 41.1 Å². The van der Waals surface area contributed by atoms with E-state index in [0.29, 0.717) is 6.42 Å². The Hall–Kier alpha value is -0.570. The summed E-state index contributed by atoms with van der Waals surface area (Å²) in [6.45, 7) is 8.21. The van der Waals surface area contributed by atoms with Crippen molar-refractivity contribution in [3.05, 3.63) is 0 Å². The average molecular weight is 226 g/mol. The minimum absolute atomic E-state index is 0.155. The lowest BCUT2D eigenvalue weighted by molar-refractivity contribution is -0.121. The molecule has 1 aliphatic rings. The highest BCUT2D eigenvalue weighted by Crippen LogP contribution is 2.30. The number of amides is 1. The van der Waals surface area contributed by atoms with Crippen molar-refractivity contribution in [3.63, 3.8) is 0 Å². The standard InChI is InChI=1S/C13H26N2O/c1-10(2)15-13(16)7-8-14-9-12-6-4-5-11(12)3/h10-12,14H,4-9H2,1-3H3,(H,15,16). The van der Waals surface area contributed by atoms with Crippen LogP contribution in [-0.4, -0.2) is 25.0 Å². The fourth-order valence-electron chi connectivity index (χ4n) is 2.41. The van der Waals surface area contributed by atoms with Gasteiger partial charge in [-0.25, -0.2) is 0 Å². The molecule has 0 aromatic rings. The summed E-state index contributed by atoms with van der Waals surface area (Å²) >= 11 is 0. The van der Waals surface area contributed by atoms with Gasteiger partial charge in [-0.1, -0.05) is 19.8 Å². The van der Waals surface area contributed by atoms with Gasteiger partial charge in [0.05, 0.1) is 0 Å². The van der Waals surface area contributed by atoms with Crippen LogP contribution in [0.1, 0.15) is 46.5 Å². The van der Waals surface area contributed by atoms with Crippen molar-refractivity contribution in [2.75, 3.05) is 13.1 Å². The second-order valence-corrected chi connectivity index (χ2v) is 5.34. The zero-order chi connectivity index (χ0) is 12.0. The molecule has 0 aliphatic heterocycles. The Morgan fingerprint density at radius 1 is 1.38 bits per heavy atom. The molecule has 0 bridgehead atoms. The van der Waals surface area contributed by atoms with Crippen LogP contribution in [-0.2, 0) is 4.79 Å². The first-order valence-electron chi connectivity index (χ1n) is 6.59. The first-order valence-corrected chi connectivity index (χ1v) is 6.59. The van der Waals surface area contributed by atoms with Gasteiger partial charge in [0.1, 0.15) is 0 Å². The Labute approximate surface area is 99.4 Å². The Balaban J connectivity index is 2.01. The van der Waals surface area contributed by atoms with Gasteiger partial charge in [-0.05, 0) is 38.6 Å². The Morgan fingerprint density at radius 3 is 2.69 bits per heavy atom. The summed E-state index contributed by atoms with van der Waals surface area (Å²) in [5.41, 5.74) is 0. The smallest absolute Gasteiger partial charge is 0.221 e. The van der Waals surface area contributed by atoms with E-state index in [1.54, 1.807) is 0 Å². The molecule has 16 heavy (non-hydrogen) atoms. The molecule has 1 aliphatic carbocycles. The van der Waals surface area contributed by atoms with E-state index >= 15 is 0 Å². The molecule has 1 fully saturated rings. The maximum Gasteiger partial charge on any atom is 0.221 e. The molecule has 2 N–H and O–H groups in total. The zero-order valence-corrected chi connectivity index (χ0v) is 10.9. The molecule has 0 aromatic carbocycles. The maximum absolute atomic E-state index is 11.4. The molecule has 0 saturated heterocycles. The van der Waals surface area contributed by atoms with Crippen LogP contribution in [0.3, 0.4) is 0 Å². The number of rotatable bonds is 6. The molecule has 0 heterocycles. The molecule has 1 rings (SSSR count). The van der Waals surface area contributed by atoms with Gasteiger partial charge in [0, 0.05) is 19.0 Å². The van der Waals surface area contributed by atoms with Crippen LogP contribution in [0.2, 0.25) is 0 Å². The van der Waals surface area contributed by atoms with E-state index in [2.05, 4.69) is 17.6 Å². The highest BCUT2D eigenvalue weighted by Gasteiger charge is 2.22. The van der Waals surface area contributed by atoms with Crippen LogP contribution in [0.5, 0.6) is 0 Å². The average Bonchev–Trinajstić information content (AvgIpc) is 2.58. The largest absolute Gasteiger partial charge is 0.354 e. The van der Waals surface area contributed by atoms with Gasteiger partial charge in [-0.3, -0.25) is 4.79 Å². The van der Waals surface area contributed by atoms with Crippen molar-refractivity contribution in [2.45, 2.75) is 52.5 Å². The second kappa shape index (κ2) is 6.89. The predicted molar refractivity (Wildman–Crippen MR) is 67.3 cm³/mol. The summed E-state index contributed by atoms with van der Waals surface area (Å²) in [5, 5.41) is 6.30. The lowest BCUT2D eigenvalue weighted by atomic mass is 9.98. The third-order valence-electron chi connectivity index (χ3n) is 3.42. The fraction of sp³-hybridized carbons (Fsp3) is 0.923. The molecule has 1 amide bonds. The maximum atomic E-state index is 11.4. The molecule has 3 nitrogen and oxygen atoms in total. The lowest BCUT2D eigenvalue weighted by Gasteiger charge is -2.16. The minimum atomic E-state index is 0.155. The van der Waals surface area contributed by atoms with Crippen molar-refractivity contribution in [1.82, 2.24) is 10.6 Å². The summed E-state index contributed by atoms with van der Waals surface area (Å²) in [6, 6.07) is 0.252. The van der Waals surface area contributed by atoms with E-state index in [1.807, 2.05) is 13.8 Å². The van der Waals surface area contributed by atoms with Gasteiger partial charge in [-0.2, -0.15) is 0 Å². The summed E-state index contributed by atoms with van der Waals surface area (Å²) < 4.78 is 0. The van der Waals surface area contributed by atoms with Crippen molar-refractivity contribution in [2.24, 2.45) is 11.8 Å². The molecule has 1 saturated carbocycles. The Bertz CT molecular complexity index is 216. The molecule has 3 heteroatoms. The van der Waals surface area contributed by atoms with Crippen molar-refractivity contribution in [1.29, 1.82) is 0 Å². The van der Waals surface area contributed by atoms with Crippen LogP contribution in [0, 0.1) is 11.8 Å². The third-order valence-corrected chi connectivity index (χ3v) is 3.42. The molecule has 0 aromatic heterocycles. The van der Waals surface area contributed by atoms with E-state index in [-0.39, 0.29) is 11.9 Å². The fourth-order valence-corrected chi connectivity index (χ4v) is 2.41. The van der Waals surface area contributed by atoms with Gasteiger partial charge in [0.25, 0.3) is 0 Å². The zero-order valence-electron chi connectivity index (χ0n) is 10.9. The van der Waals surface area contributed by atoms with Crippen LogP contribution in [0.15, 0.2) is 0 Å². The molecular weight excluding hydrogens is 200 g/mol. The molecule has 0 spiro atoms. The SMILES string of the molecule is CC(C)NC(=O)CCNCC1CCCC1C. The van der Waals surface area contributed by atoms with E-state index in [9.17, 15) is 4.79 Å². The number of hydrogen-bond acceptors (Lipinski definition) is 2. The summed E-state index contributed by atoms with van der Waals surface area (Å²) in [5.74, 6) is 1.84. The van der Waals surface area contributed by atoms with Gasteiger partial charge in [0.2, 0.25) is 5.91 Å². The molecule has 0 radical (unpaired) electrons. The highest BCUT2D eigenvalue weighted by atomic mass is 16.1. The first-order chi connectivity index (χ1) is 7.59. The van der Waals surface area contributed by atoms with Gasteiger partial charge < -0.3 is 10.6 Å². The summed E-state index contributed by atoms with van der Waals surface area (Å²) in [7, 11) is 0. The second-order valence-electron chi connectivity index (χ2n) is 5.34. The summed E-state index contributed by atoms with van der Waals surface area (Å²) in [4.78, 5) is 11.4. The number of carbonyl (C=O) groups excluding carboxylic acids is 1. The Kier molecular flexibility index (Phi) is 5.81. The summed E-state index contributed by atoms with van der Waals surface area (Å²) in [6.07, 6.45) is 4.70. The van der Waals surface area contributed by atoms with E-state index in [1.165, 1.54) is 19.3 Å². The van der Waals surface area contributed by atoms with Crippen LogP contribution < -0.4 is 10.6 Å². The number of carbonyl (C=O) groups is 1. The van der Waals surface area contributed by atoms with Crippen LogP contribution in [0.25, 0.3) is 0 Å². The quantitative estimate of drug-likeness (QED) is 0.679. The Morgan fingerprint density at radius 2 is 2.12 bits per heavy atom. The van der Waals surface area contributed by atoms with Crippen LogP contribution >= 0.6 is 0 Å². The van der Waals surface area contributed by atoms with Gasteiger partial charge >= 0.3 is 0 Å². The monoisotopic (exact) mass is 226 g/mol.